The number of nitrogens with zero attached hydrogens (tertiary/aromatic N) is 4. The number of hydrogen-bond donors (Lipinski definition) is 0. The molecule has 1 aliphatic heterocycles. The highest BCUT2D eigenvalue weighted by molar-refractivity contribution is 7.07. The first-order valence-corrected chi connectivity index (χ1v) is 11.0. The minimum atomic E-state index is -0.645. The SMILES string of the molecule is CCOC(=O)C1=C(C)N=c2s/c(=C/c3cn(C)nc3C)c(=O)n2[C@H]1c1ccc(OC)cc1. The number of aromatic nitrogens is 3. The molecule has 8 nitrogen and oxygen atoms in total. The normalized spacial score (nSPS) is 16.0. The van der Waals surface area contributed by atoms with Crippen molar-refractivity contribution in [3.63, 3.8) is 0 Å². The van der Waals surface area contributed by atoms with Crippen LogP contribution in [0.25, 0.3) is 6.08 Å². The van der Waals surface area contributed by atoms with Gasteiger partial charge in [-0.1, -0.05) is 23.5 Å². The Hall–Kier alpha value is -3.46. The van der Waals surface area contributed by atoms with E-state index in [4.69, 9.17) is 9.47 Å². The molecule has 0 spiro atoms. The number of esters is 1. The minimum absolute atomic E-state index is 0.216. The summed E-state index contributed by atoms with van der Waals surface area (Å²) >= 11 is 1.29. The van der Waals surface area contributed by atoms with E-state index in [0.29, 0.717) is 26.4 Å². The summed E-state index contributed by atoms with van der Waals surface area (Å²) in [5, 5.41) is 4.34. The predicted molar refractivity (Wildman–Crippen MR) is 121 cm³/mol. The van der Waals surface area contributed by atoms with Gasteiger partial charge in [-0.2, -0.15) is 5.10 Å². The number of carbonyl (C=O) groups is 1. The van der Waals surface area contributed by atoms with Gasteiger partial charge in [-0.15, -0.1) is 0 Å². The van der Waals surface area contributed by atoms with Gasteiger partial charge in [0.05, 0.1) is 41.3 Å². The molecule has 9 heteroatoms. The third-order valence-corrected chi connectivity index (χ3v) is 6.27. The Morgan fingerprint density at radius 3 is 2.56 bits per heavy atom. The monoisotopic (exact) mass is 452 g/mol. The Morgan fingerprint density at radius 2 is 1.97 bits per heavy atom. The van der Waals surface area contributed by atoms with Crippen molar-refractivity contribution in [2.75, 3.05) is 13.7 Å². The summed E-state index contributed by atoms with van der Waals surface area (Å²) in [5.41, 5.74) is 3.14. The van der Waals surface area contributed by atoms with Crippen LogP contribution in [0.1, 0.15) is 36.7 Å². The van der Waals surface area contributed by atoms with Gasteiger partial charge in [-0.25, -0.2) is 9.79 Å². The molecule has 2 aromatic heterocycles. The smallest absolute Gasteiger partial charge is 0.338 e. The molecule has 0 saturated heterocycles. The number of thiazole rings is 1. The number of aryl methyl sites for hydroxylation is 2. The second kappa shape index (κ2) is 8.58. The van der Waals surface area contributed by atoms with E-state index < -0.39 is 12.0 Å². The van der Waals surface area contributed by atoms with Gasteiger partial charge < -0.3 is 9.47 Å². The van der Waals surface area contributed by atoms with Crippen molar-refractivity contribution in [3.05, 3.63) is 78.2 Å². The van der Waals surface area contributed by atoms with Gasteiger partial charge >= 0.3 is 5.97 Å². The lowest BCUT2D eigenvalue weighted by Crippen LogP contribution is -2.39. The van der Waals surface area contributed by atoms with Crippen LogP contribution in [0, 0.1) is 6.92 Å². The van der Waals surface area contributed by atoms with Gasteiger partial charge in [-0.3, -0.25) is 14.0 Å². The molecule has 0 N–H and O–H groups in total. The van der Waals surface area contributed by atoms with Crippen LogP contribution >= 0.6 is 11.3 Å². The summed E-state index contributed by atoms with van der Waals surface area (Å²) in [6, 6.07) is 6.67. The largest absolute Gasteiger partial charge is 0.497 e. The number of hydrogen-bond acceptors (Lipinski definition) is 7. The molecule has 3 heterocycles. The van der Waals surface area contributed by atoms with Crippen molar-refractivity contribution in [2.24, 2.45) is 12.0 Å². The summed E-state index contributed by atoms with van der Waals surface area (Å²) in [4.78, 5) is 31.5. The van der Waals surface area contributed by atoms with Gasteiger partial charge in [0, 0.05) is 18.8 Å². The predicted octanol–water partition coefficient (Wildman–Crippen LogP) is 1.85. The molecule has 0 fully saturated rings. The molecule has 1 aliphatic rings. The lowest BCUT2D eigenvalue weighted by atomic mass is 9.96. The summed E-state index contributed by atoms with van der Waals surface area (Å²) in [5.74, 6) is 0.207. The highest BCUT2D eigenvalue weighted by Gasteiger charge is 2.33. The molecule has 0 saturated carbocycles. The molecule has 1 atom stereocenters. The van der Waals surface area contributed by atoms with Crippen LogP contribution in [0.5, 0.6) is 5.75 Å². The van der Waals surface area contributed by atoms with Crippen molar-refractivity contribution in [1.82, 2.24) is 14.3 Å². The Balaban J connectivity index is 1.95. The zero-order chi connectivity index (χ0) is 23.0. The van der Waals surface area contributed by atoms with E-state index in [2.05, 4.69) is 10.1 Å². The second-order valence-corrected chi connectivity index (χ2v) is 8.43. The van der Waals surface area contributed by atoms with Crippen molar-refractivity contribution < 1.29 is 14.3 Å². The highest BCUT2D eigenvalue weighted by atomic mass is 32.1. The van der Waals surface area contributed by atoms with Crippen LogP contribution < -0.4 is 19.6 Å². The Morgan fingerprint density at radius 1 is 1.25 bits per heavy atom. The molecule has 32 heavy (non-hydrogen) atoms. The molecular formula is C23H24N4O4S. The molecule has 0 aliphatic carbocycles. The Labute approximate surface area is 188 Å². The second-order valence-electron chi connectivity index (χ2n) is 7.42. The third-order valence-electron chi connectivity index (χ3n) is 5.29. The van der Waals surface area contributed by atoms with Crippen LogP contribution in [0.2, 0.25) is 0 Å². The zero-order valence-corrected chi connectivity index (χ0v) is 19.4. The van der Waals surface area contributed by atoms with Crippen molar-refractivity contribution in [1.29, 1.82) is 0 Å². The quantitative estimate of drug-likeness (QED) is 0.552. The molecule has 0 bridgehead atoms. The van der Waals surface area contributed by atoms with E-state index in [9.17, 15) is 9.59 Å². The van der Waals surface area contributed by atoms with Gasteiger partial charge in [0.2, 0.25) is 0 Å². The fraction of sp³-hybridized carbons (Fsp3) is 0.304. The minimum Gasteiger partial charge on any atom is -0.497 e. The Kier molecular flexibility index (Phi) is 5.84. The topological polar surface area (TPSA) is 87.7 Å². The van der Waals surface area contributed by atoms with Crippen LogP contribution in [0.4, 0.5) is 0 Å². The van der Waals surface area contributed by atoms with Crippen LogP contribution in [-0.2, 0) is 16.6 Å². The first kappa shape index (κ1) is 21.8. The summed E-state index contributed by atoms with van der Waals surface area (Å²) in [6.07, 6.45) is 3.68. The van der Waals surface area contributed by atoms with Gasteiger partial charge in [0.1, 0.15) is 5.75 Å². The maximum atomic E-state index is 13.5. The first-order chi connectivity index (χ1) is 15.3. The Bertz CT molecular complexity index is 1390. The van der Waals surface area contributed by atoms with Crippen LogP contribution in [0.15, 0.2) is 51.5 Å². The van der Waals surface area contributed by atoms with E-state index >= 15 is 0 Å². The summed E-state index contributed by atoms with van der Waals surface area (Å²) < 4.78 is 14.4. The van der Waals surface area contributed by atoms with E-state index in [1.54, 1.807) is 30.2 Å². The summed E-state index contributed by atoms with van der Waals surface area (Å²) in [7, 11) is 3.43. The molecule has 166 valence electrons. The van der Waals surface area contributed by atoms with E-state index in [1.807, 2.05) is 50.5 Å². The molecule has 0 amide bonds. The van der Waals surface area contributed by atoms with E-state index in [-0.39, 0.29) is 12.2 Å². The third kappa shape index (κ3) is 3.80. The summed E-state index contributed by atoms with van der Waals surface area (Å²) in [6.45, 7) is 5.65. The van der Waals surface area contributed by atoms with Crippen molar-refractivity contribution in [3.8, 4) is 5.75 Å². The molecule has 1 aromatic carbocycles. The fourth-order valence-electron chi connectivity index (χ4n) is 3.79. The van der Waals surface area contributed by atoms with Gasteiger partial charge in [0.15, 0.2) is 4.80 Å². The maximum Gasteiger partial charge on any atom is 0.338 e. The molecule has 0 unspecified atom stereocenters. The molecule has 4 rings (SSSR count). The maximum absolute atomic E-state index is 13.5. The zero-order valence-electron chi connectivity index (χ0n) is 18.6. The molecule has 3 aromatic rings. The van der Waals surface area contributed by atoms with E-state index in [1.165, 1.54) is 11.3 Å². The fourth-order valence-corrected chi connectivity index (χ4v) is 4.83. The number of rotatable bonds is 5. The van der Waals surface area contributed by atoms with Crippen LogP contribution in [-0.4, -0.2) is 34.0 Å². The highest BCUT2D eigenvalue weighted by Crippen LogP contribution is 2.31. The number of allylic oxidation sites excluding steroid dienone is 1. The van der Waals surface area contributed by atoms with E-state index in [0.717, 1.165) is 16.8 Å². The van der Waals surface area contributed by atoms with Gasteiger partial charge in [0.25, 0.3) is 5.56 Å². The van der Waals surface area contributed by atoms with Crippen molar-refractivity contribution >= 4 is 23.4 Å². The van der Waals surface area contributed by atoms with Crippen molar-refractivity contribution in [2.45, 2.75) is 26.8 Å². The standard InChI is InChI=1S/C23H24N4O4S/c1-6-31-22(29)19-14(3)24-23-27(20(19)15-7-9-17(30-5)10-8-15)21(28)18(32-23)11-16-12-26(4)25-13(16)2/h7-12,20H,6H2,1-5H3/b18-11+/t20-/m0/s1. The number of ether oxygens (including phenoxy) is 2. The molecular weight excluding hydrogens is 428 g/mol. The average molecular weight is 453 g/mol. The van der Waals surface area contributed by atoms with Gasteiger partial charge in [-0.05, 0) is 44.5 Å². The lowest BCUT2D eigenvalue weighted by Gasteiger charge is -2.24. The number of benzene rings is 1. The number of methoxy groups -OCH3 is 1. The first-order valence-electron chi connectivity index (χ1n) is 10.2. The average Bonchev–Trinajstić information content (AvgIpc) is 3.24. The number of carbonyl (C=O) groups excluding carboxylic acids is 1. The lowest BCUT2D eigenvalue weighted by molar-refractivity contribution is -0.139. The van der Waals surface area contributed by atoms with Crippen LogP contribution in [0.3, 0.4) is 0 Å². The number of fused-ring (bicyclic) bond motifs is 1. The molecule has 0 radical (unpaired) electrons.